The van der Waals surface area contributed by atoms with Gasteiger partial charge >= 0.3 is 12.1 Å². The van der Waals surface area contributed by atoms with Crippen molar-refractivity contribution in [3.63, 3.8) is 0 Å². The Kier molecular flexibility index (Phi) is 6.57. The molecule has 2 saturated heterocycles. The Balaban J connectivity index is 1.56. The summed E-state index contributed by atoms with van der Waals surface area (Å²) in [4.78, 5) is 26.8. The van der Waals surface area contributed by atoms with E-state index in [9.17, 15) is 9.59 Å². The maximum atomic E-state index is 11.7. The van der Waals surface area contributed by atoms with Crippen LogP contribution in [0.5, 0.6) is 0 Å². The number of morpholine rings is 2. The number of nitrogens with zero attached hydrogens (tertiary/aromatic N) is 2. The number of ether oxygens (including phenoxy) is 2. The molecule has 0 unspecified atom stereocenters. The van der Waals surface area contributed by atoms with Crippen molar-refractivity contribution in [1.29, 1.82) is 0 Å². The molecule has 0 saturated carbocycles. The van der Waals surface area contributed by atoms with Crippen LogP contribution in [0.4, 0.5) is 9.59 Å². The zero-order valence-corrected chi connectivity index (χ0v) is 12.6. The van der Waals surface area contributed by atoms with E-state index in [1.807, 2.05) is 0 Å². The number of carbonyl (C=O) groups excluding carboxylic acids is 2. The summed E-state index contributed by atoms with van der Waals surface area (Å²) in [5.74, 6) is 0. The van der Waals surface area contributed by atoms with Gasteiger partial charge in [0, 0.05) is 48.1 Å². The maximum absolute atomic E-state index is 11.7. The number of nitrogens with one attached hydrogen (secondary N) is 2. The Labute approximate surface area is 125 Å². The summed E-state index contributed by atoms with van der Waals surface area (Å²) in [6.45, 7) is 4.65. The van der Waals surface area contributed by atoms with Gasteiger partial charge in [-0.1, -0.05) is 0 Å². The van der Waals surface area contributed by atoms with Gasteiger partial charge in [-0.2, -0.15) is 0 Å². The zero-order chi connectivity index (χ0) is 14.2. The SMILES string of the molecule is O=C(NSSNC(=O)N1CCOCC1)N1CCOCC1. The number of urea groups is 2. The molecule has 2 rings (SSSR count). The van der Waals surface area contributed by atoms with Crippen LogP contribution in [0.1, 0.15) is 0 Å². The first-order chi connectivity index (χ1) is 9.77. The molecular formula is C10H18N4O4S2. The van der Waals surface area contributed by atoms with E-state index in [-0.39, 0.29) is 12.1 Å². The highest BCUT2D eigenvalue weighted by Crippen LogP contribution is 2.14. The van der Waals surface area contributed by atoms with Crippen LogP contribution in [-0.4, -0.2) is 74.5 Å². The Bertz CT molecular complexity index is 303. The molecule has 0 spiro atoms. The molecule has 8 nitrogen and oxygen atoms in total. The first kappa shape index (κ1) is 15.5. The fourth-order valence-electron chi connectivity index (χ4n) is 1.77. The largest absolute Gasteiger partial charge is 0.378 e. The normalized spacial score (nSPS) is 19.6. The molecule has 20 heavy (non-hydrogen) atoms. The van der Waals surface area contributed by atoms with E-state index in [2.05, 4.69) is 9.44 Å². The van der Waals surface area contributed by atoms with E-state index in [1.54, 1.807) is 9.80 Å². The minimum absolute atomic E-state index is 0.161. The van der Waals surface area contributed by atoms with Crippen LogP contribution in [0.25, 0.3) is 0 Å². The Hall–Kier alpha value is -0.840. The standard InChI is InChI=1S/C10H18N4O4S2/c15-9(13-1-5-17-6-2-13)11-19-20-12-10(16)14-3-7-18-8-4-14/h1-8H2,(H,11,15)(H,12,16). The van der Waals surface area contributed by atoms with Crippen molar-refractivity contribution in [2.45, 2.75) is 0 Å². The Morgan fingerprint density at radius 2 is 1.10 bits per heavy atom. The number of rotatable bonds is 3. The van der Waals surface area contributed by atoms with Gasteiger partial charge in [0.1, 0.15) is 0 Å². The van der Waals surface area contributed by atoms with Gasteiger partial charge in [-0.3, -0.25) is 9.44 Å². The summed E-state index contributed by atoms with van der Waals surface area (Å²) >= 11 is 0. The van der Waals surface area contributed by atoms with Crippen LogP contribution in [-0.2, 0) is 9.47 Å². The predicted octanol–water partition coefficient (Wildman–Crippen LogP) is 0.281. The summed E-state index contributed by atoms with van der Waals surface area (Å²) in [5.41, 5.74) is 0. The fourth-order valence-corrected chi connectivity index (χ4v) is 2.94. The molecule has 0 aromatic carbocycles. The van der Waals surface area contributed by atoms with Gasteiger partial charge in [0.2, 0.25) is 0 Å². The van der Waals surface area contributed by atoms with Crippen molar-refractivity contribution in [3.8, 4) is 0 Å². The lowest BCUT2D eigenvalue weighted by molar-refractivity contribution is 0.0546. The molecule has 0 bridgehead atoms. The molecule has 2 heterocycles. The van der Waals surface area contributed by atoms with Gasteiger partial charge in [0.15, 0.2) is 0 Å². The average molecular weight is 322 g/mol. The van der Waals surface area contributed by atoms with Crippen molar-refractivity contribution < 1.29 is 19.1 Å². The highest BCUT2D eigenvalue weighted by molar-refractivity contribution is 8.75. The van der Waals surface area contributed by atoms with Crippen molar-refractivity contribution >= 4 is 34.0 Å². The summed E-state index contributed by atoms with van der Waals surface area (Å²) < 4.78 is 15.7. The lowest BCUT2D eigenvalue weighted by atomic mass is 10.4. The molecule has 4 amide bonds. The van der Waals surface area contributed by atoms with E-state index in [0.29, 0.717) is 52.6 Å². The van der Waals surface area contributed by atoms with Gasteiger partial charge in [-0.05, 0) is 0 Å². The molecule has 0 aromatic rings. The van der Waals surface area contributed by atoms with Gasteiger partial charge < -0.3 is 19.3 Å². The fraction of sp³-hybridized carbons (Fsp3) is 0.800. The third-order valence-electron chi connectivity index (χ3n) is 2.90. The molecule has 0 atom stereocenters. The first-order valence-corrected chi connectivity index (χ1v) is 8.50. The van der Waals surface area contributed by atoms with E-state index in [0.717, 1.165) is 22.0 Å². The quantitative estimate of drug-likeness (QED) is 0.441. The van der Waals surface area contributed by atoms with E-state index >= 15 is 0 Å². The Morgan fingerprint density at radius 3 is 1.45 bits per heavy atom. The minimum Gasteiger partial charge on any atom is -0.378 e. The molecule has 2 aliphatic rings. The van der Waals surface area contributed by atoms with Crippen LogP contribution < -0.4 is 9.44 Å². The monoisotopic (exact) mass is 322 g/mol. The van der Waals surface area contributed by atoms with Crippen LogP contribution >= 0.6 is 22.0 Å². The highest BCUT2D eigenvalue weighted by atomic mass is 33.1. The van der Waals surface area contributed by atoms with E-state index in [4.69, 9.17) is 9.47 Å². The van der Waals surface area contributed by atoms with Crippen LogP contribution in [0.2, 0.25) is 0 Å². The van der Waals surface area contributed by atoms with Gasteiger partial charge in [0.25, 0.3) is 0 Å². The molecule has 0 radical (unpaired) electrons. The molecule has 114 valence electrons. The average Bonchev–Trinajstić information content (AvgIpc) is 2.53. The molecule has 2 N–H and O–H groups in total. The van der Waals surface area contributed by atoms with Crippen LogP contribution in [0.15, 0.2) is 0 Å². The molecule has 0 aliphatic carbocycles. The molecule has 0 aromatic heterocycles. The summed E-state index contributed by atoms with van der Waals surface area (Å²) in [5, 5.41) is 0. The van der Waals surface area contributed by atoms with E-state index in [1.165, 1.54) is 0 Å². The smallest absolute Gasteiger partial charge is 0.328 e. The van der Waals surface area contributed by atoms with Gasteiger partial charge in [0.05, 0.1) is 26.4 Å². The highest BCUT2D eigenvalue weighted by Gasteiger charge is 2.18. The molecular weight excluding hydrogens is 304 g/mol. The third kappa shape index (κ3) is 4.93. The predicted molar refractivity (Wildman–Crippen MR) is 77.0 cm³/mol. The molecule has 2 fully saturated rings. The third-order valence-corrected chi connectivity index (χ3v) is 4.25. The summed E-state index contributed by atoms with van der Waals surface area (Å²) in [6.07, 6.45) is 0. The number of carbonyl (C=O) groups is 2. The lowest BCUT2D eigenvalue weighted by Crippen LogP contribution is -2.45. The van der Waals surface area contributed by atoms with Crippen molar-refractivity contribution in [1.82, 2.24) is 19.2 Å². The maximum Gasteiger partial charge on any atom is 0.328 e. The number of hydrogen-bond acceptors (Lipinski definition) is 6. The number of hydrogen-bond donors (Lipinski definition) is 2. The van der Waals surface area contributed by atoms with Crippen LogP contribution in [0.3, 0.4) is 0 Å². The summed E-state index contributed by atoms with van der Waals surface area (Å²) in [7, 11) is 2.18. The number of amides is 4. The second-order valence-electron chi connectivity index (χ2n) is 4.18. The lowest BCUT2D eigenvalue weighted by Gasteiger charge is -2.27. The topological polar surface area (TPSA) is 83.1 Å². The van der Waals surface area contributed by atoms with Crippen molar-refractivity contribution in [3.05, 3.63) is 0 Å². The molecule has 2 aliphatic heterocycles. The molecule has 10 heteroatoms. The zero-order valence-electron chi connectivity index (χ0n) is 11.0. The summed E-state index contributed by atoms with van der Waals surface area (Å²) in [6, 6.07) is -0.321. The second kappa shape index (κ2) is 8.45. The minimum atomic E-state index is -0.161. The first-order valence-electron chi connectivity index (χ1n) is 6.35. The van der Waals surface area contributed by atoms with Crippen LogP contribution in [0, 0.1) is 0 Å². The Morgan fingerprint density at radius 1 is 0.750 bits per heavy atom. The van der Waals surface area contributed by atoms with Crippen molar-refractivity contribution in [2.75, 3.05) is 52.6 Å². The second-order valence-corrected chi connectivity index (χ2v) is 5.92. The van der Waals surface area contributed by atoms with Gasteiger partial charge in [-0.25, -0.2) is 9.59 Å². The van der Waals surface area contributed by atoms with Crippen molar-refractivity contribution in [2.24, 2.45) is 0 Å². The van der Waals surface area contributed by atoms with Gasteiger partial charge in [-0.15, -0.1) is 0 Å². The van der Waals surface area contributed by atoms with E-state index < -0.39 is 0 Å².